The zero-order chi connectivity index (χ0) is 23.0. The summed E-state index contributed by atoms with van der Waals surface area (Å²) < 4.78 is 15.8. The molecule has 0 saturated carbocycles. The van der Waals surface area contributed by atoms with Gasteiger partial charge in [-0.15, -0.1) is 11.8 Å². The van der Waals surface area contributed by atoms with Crippen LogP contribution in [0.1, 0.15) is 23.6 Å². The third-order valence-corrected chi connectivity index (χ3v) is 7.12. The number of rotatable bonds is 9. The Labute approximate surface area is 197 Å². The first-order valence-electron chi connectivity index (χ1n) is 10.0. The van der Waals surface area contributed by atoms with Gasteiger partial charge in [-0.1, -0.05) is 91.0 Å². The van der Waals surface area contributed by atoms with E-state index in [1.54, 1.807) is 0 Å². The minimum atomic E-state index is -1.28. The number of benzene rings is 3. The molecule has 0 spiro atoms. The van der Waals surface area contributed by atoms with Crippen molar-refractivity contribution in [3.05, 3.63) is 108 Å². The highest BCUT2D eigenvalue weighted by Crippen LogP contribution is 2.51. The molecule has 0 aliphatic carbocycles. The van der Waals surface area contributed by atoms with E-state index in [-0.39, 0.29) is 0 Å². The summed E-state index contributed by atoms with van der Waals surface area (Å²) in [6.07, 6.45) is 0. The fraction of sp³-hybridized carbons (Fsp3) is 0.200. The van der Waals surface area contributed by atoms with Crippen LogP contribution in [0, 0.1) is 0 Å². The molecule has 0 aliphatic rings. The molecule has 0 fully saturated rings. The van der Waals surface area contributed by atoms with E-state index in [4.69, 9.17) is 12.6 Å². The number of amides is 1. The summed E-state index contributed by atoms with van der Waals surface area (Å²) in [5.74, 6) is -1.31. The van der Waals surface area contributed by atoms with Gasteiger partial charge in [0.1, 0.15) is 6.04 Å². The minimum absolute atomic E-state index is 0.435. The van der Waals surface area contributed by atoms with E-state index >= 15 is 0 Å². The van der Waals surface area contributed by atoms with E-state index < -0.39 is 34.1 Å². The van der Waals surface area contributed by atoms with Crippen LogP contribution < -0.4 is 5.32 Å². The second-order valence-electron chi connectivity index (χ2n) is 7.04. The van der Waals surface area contributed by atoms with Crippen LogP contribution in [0.15, 0.2) is 91.0 Å². The van der Waals surface area contributed by atoms with Crippen molar-refractivity contribution in [2.24, 2.45) is 0 Å². The van der Waals surface area contributed by atoms with Gasteiger partial charge in [0.2, 0.25) is 12.8 Å². The van der Waals surface area contributed by atoms with Crippen LogP contribution in [-0.4, -0.2) is 29.4 Å². The van der Waals surface area contributed by atoms with Gasteiger partial charge in [0.05, 0.1) is 9.33 Å². The first-order chi connectivity index (χ1) is 15.5. The molecular weight excluding hydrogens is 445 g/mol. The Morgan fingerprint density at radius 1 is 0.906 bits per heavy atom. The van der Waals surface area contributed by atoms with Gasteiger partial charge in [-0.05, 0) is 16.7 Å². The number of ether oxygens (including phenoxy) is 1. The molecule has 3 aromatic carbocycles. The number of thiol groups is 1. The summed E-state index contributed by atoms with van der Waals surface area (Å²) in [5, 5.41) is 2.56. The molecule has 4 nitrogen and oxygen atoms in total. The first-order valence-corrected chi connectivity index (χ1v) is 11.4. The Balaban J connectivity index is 2.18. The number of hydrogen-bond acceptors (Lipinski definition) is 5. The molecule has 0 saturated heterocycles. The van der Waals surface area contributed by atoms with Crippen molar-refractivity contribution in [3.63, 3.8) is 0 Å². The molecule has 0 aliphatic heterocycles. The molecule has 7 heteroatoms. The largest absolute Gasteiger partial charge is 0.432 e. The van der Waals surface area contributed by atoms with Crippen LogP contribution in [0.5, 0.6) is 0 Å². The molecule has 3 rings (SSSR count). The number of esters is 1. The molecule has 0 bridgehead atoms. The van der Waals surface area contributed by atoms with Gasteiger partial charge in [0.25, 0.3) is 0 Å². The quantitative estimate of drug-likeness (QED) is 0.202. The monoisotopic (exact) mass is 469 g/mol. The van der Waals surface area contributed by atoms with Gasteiger partial charge in [-0.25, -0.2) is 9.18 Å². The molecule has 3 aromatic rings. The van der Waals surface area contributed by atoms with E-state index in [0.717, 1.165) is 16.7 Å². The summed E-state index contributed by atoms with van der Waals surface area (Å²) >= 11 is 6.08. The number of hydrogen-bond donors (Lipinski definition) is 2. The molecule has 32 heavy (non-hydrogen) atoms. The average Bonchev–Trinajstić information content (AvgIpc) is 2.82. The van der Waals surface area contributed by atoms with E-state index in [2.05, 4.69) is 10.1 Å². The van der Waals surface area contributed by atoms with Crippen LogP contribution >= 0.6 is 24.4 Å². The van der Waals surface area contributed by atoms with E-state index in [0.29, 0.717) is 0 Å². The van der Waals surface area contributed by atoms with Gasteiger partial charge in [0.15, 0.2) is 0 Å². The topological polar surface area (TPSA) is 55.4 Å². The Bertz CT molecular complexity index is 922. The van der Waals surface area contributed by atoms with Crippen LogP contribution in [0.2, 0.25) is 0 Å². The zero-order valence-electron chi connectivity index (χ0n) is 17.5. The average molecular weight is 470 g/mol. The molecule has 0 radical (unpaired) electrons. The molecule has 2 unspecified atom stereocenters. The summed E-state index contributed by atoms with van der Waals surface area (Å²) in [6, 6.07) is 28.5. The Hall–Kier alpha value is -2.77. The van der Waals surface area contributed by atoms with E-state index in [1.807, 2.05) is 91.0 Å². The minimum Gasteiger partial charge on any atom is -0.432 e. The van der Waals surface area contributed by atoms with E-state index in [1.165, 1.54) is 18.7 Å². The van der Waals surface area contributed by atoms with Crippen molar-refractivity contribution in [2.45, 2.75) is 22.3 Å². The number of nitrogens with one attached hydrogen (secondary N) is 1. The van der Waals surface area contributed by atoms with Crippen LogP contribution in [0.4, 0.5) is 4.39 Å². The normalized spacial score (nSPS) is 13.1. The maximum absolute atomic E-state index is 12.8. The smallest absolute Gasteiger partial charge is 0.333 e. The van der Waals surface area contributed by atoms with Crippen molar-refractivity contribution in [1.29, 1.82) is 0 Å². The number of thioether (sulfide) groups is 1. The lowest BCUT2D eigenvalue weighted by Crippen LogP contribution is -2.47. The van der Waals surface area contributed by atoms with E-state index in [9.17, 15) is 14.0 Å². The zero-order valence-corrected chi connectivity index (χ0v) is 19.2. The van der Waals surface area contributed by atoms with Crippen molar-refractivity contribution in [1.82, 2.24) is 5.32 Å². The van der Waals surface area contributed by atoms with Crippen molar-refractivity contribution in [2.75, 3.05) is 6.86 Å². The standard InChI is InChI=1S/C25H24FNO3S2/c1-18(28)27-22(23(29)30-17-26)24(31)32-25(19-11-5-2-6-12-19,20-13-7-3-8-14-20)21-15-9-4-10-16-21/h2-16,22,24,31H,17H2,1H3,(H,27,28). The molecule has 0 heterocycles. The molecule has 0 aromatic heterocycles. The molecule has 1 amide bonds. The SMILES string of the molecule is CC(=O)NC(C(=O)OCF)C(S)SC(c1ccccc1)(c1ccccc1)c1ccccc1. The van der Waals surface area contributed by atoms with Gasteiger partial charge in [-0.3, -0.25) is 4.79 Å². The molecular formula is C25H24FNO3S2. The van der Waals surface area contributed by atoms with Gasteiger partial charge in [0, 0.05) is 6.92 Å². The molecule has 166 valence electrons. The fourth-order valence-corrected chi connectivity index (χ4v) is 5.75. The maximum Gasteiger partial charge on any atom is 0.333 e. The summed E-state index contributed by atoms with van der Waals surface area (Å²) in [6.45, 7) is 0.0149. The summed E-state index contributed by atoms with van der Waals surface area (Å²) in [7, 11) is 0. The highest BCUT2D eigenvalue weighted by molar-refractivity contribution is 8.11. The number of carbonyl (C=O) groups is 2. The predicted molar refractivity (Wildman–Crippen MR) is 129 cm³/mol. The van der Waals surface area contributed by atoms with Gasteiger partial charge >= 0.3 is 5.97 Å². The Morgan fingerprint density at radius 3 is 1.66 bits per heavy atom. The number of carbonyl (C=O) groups excluding carboxylic acids is 2. The van der Waals surface area contributed by atoms with Crippen molar-refractivity contribution in [3.8, 4) is 0 Å². The highest BCUT2D eigenvalue weighted by atomic mass is 32.2. The van der Waals surface area contributed by atoms with Crippen molar-refractivity contribution >= 4 is 36.3 Å². The number of alkyl halides is 1. The lowest BCUT2D eigenvalue weighted by Gasteiger charge is -2.38. The predicted octanol–water partition coefficient (Wildman–Crippen LogP) is 4.94. The lowest BCUT2D eigenvalue weighted by molar-refractivity contribution is -0.151. The first kappa shape index (κ1) is 23.9. The fourth-order valence-electron chi connectivity index (χ4n) is 3.58. The van der Waals surface area contributed by atoms with Gasteiger partial charge < -0.3 is 10.1 Å². The third kappa shape index (κ3) is 5.34. The summed E-state index contributed by atoms with van der Waals surface area (Å²) in [4.78, 5) is 24.3. The molecule has 2 atom stereocenters. The Morgan fingerprint density at radius 2 is 1.31 bits per heavy atom. The van der Waals surface area contributed by atoms with Crippen LogP contribution in [0.3, 0.4) is 0 Å². The second kappa shape index (κ2) is 11.2. The van der Waals surface area contributed by atoms with Gasteiger partial charge in [-0.2, -0.15) is 12.6 Å². The Kier molecular flexibility index (Phi) is 8.36. The lowest BCUT2D eigenvalue weighted by atomic mass is 9.84. The summed E-state index contributed by atoms with van der Waals surface area (Å²) in [5.41, 5.74) is 2.92. The maximum atomic E-state index is 12.8. The van der Waals surface area contributed by atoms with Crippen LogP contribution in [-0.2, 0) is 19.1 Å². The third-order valence-electron chi connectivity index (χ3n) is 4.93. The number of halogens is 1. The molecule has 1 N–H and O–H groups in total. The second-order valence-corrected chi connectivity index (χ2v) is 9.30. The van der Waals surface area contributed by atoms with Crippen LogP contribution in [0.25, 0.3) is 0 Å². The van der Waals surface area contributed by atoms with Crippen molar-refractivity contribution < 1.29 is 18.7 Å². The highest BCUT2D eigenvalue weighted by Gasteiger charge is 2.42.